The lowest BCUT2D eigenvalue weighted by Gasteiger charge is -2.09. The van der Waals surface area contributed by atoms with Gasteiger partial charge in [0.05, 0.1) is 0 Å². The molecule has 0 aliphatic heterocycles. The van der Waals surface area contributed by atoms with Crippen LogP contribution in [0.1, 0.15) is 6.42 Å². The van der Waals surface area contributed by atoms with Crippen molar-refractivity contribution in [3.05, 3.63) is 28.2 Å². The van der Waals surface area contributed by atoms with Crippen molar-refractivity contribution >= 4 is 40.9 Å². The summed E-state index contributed by atoms with van der Waals surface area (Å²) < 4.78 is 39.2. The average Bonchev–Trinajstić information content (AvgIpc) is 2.34. The number of carbonyl (C=O) groups is 2. The lowest BCUT2D eigenvalue weighted by atomic mass is 10.3. The van der Waals surface area contributed by atoms with Gasteiger partial charge in [-0.05, 0) is 18.2 Å². The summed E-state index contributed by atoms with van der Waals surface area (Å²) >= 11 is 11.5. The molecule has 0 bridgehead atoms. The van der Waals surface area contributed by atoms with Gasteiger partial charge in [0, 0.05) is 28.7 Å². The molecule has 0 saturated carbocycles. The van der Waals surface area contributed by atoms with E-state index in [-0.39, 0.29) is 13.0 Å². The fourth-order valence-corrected chi connectivity index (χ4v) is 1.85. The molecular formula is C12H11Cl2F3N2O3. The summed E-state index contributed by atoms with van der Waals surface area (Å²) in [6.07, 6.45) is -6.01. The third kappa shape index (κ3) is 7.94. The first-order chi connectivity index (χ1) is 10.2. The predicted molar refractivity (Wildman–Crippen MR) is 75.1 cm³/mol. The van der Waals surface area contributed by atoms with Crippen LogP contribution in [0.3, 0.4) is 0 Å². The fourth-order valence-electron chi connectivity index (χ4n) is 1.33. The number of halogens is 5. The summed E-state index contributed by atoms with van der Waals surface area (Å²) in [4.78, 5) is 22.5. The Morgan fingerprint density at radius 1 is 1.14 bits per heavy atom. The topological polar surface area (TPSA) is 67.4 Å². The largest absolute Gasteiger partial charge is 0.440 e. The van der Waals surface area contributed by atoms with E-state index in [1.807, 2.05) is 5.32 Å². The Morgan fingerprint density at radius 3 is 2.27 bits per heavy atom. The van der Waals surface area contributed by atoms with Crippen LogP contribution in [0.5, 0.6) is 0 Å². The van der Waals surface area contributed by atoms with Crippen molar-refractivity contribution in [3.63, 3.8) is 0 Å². The van der Waals surface area contributed by atoms with Crippen molar-refractivity contribution in [2.24, 2.45) is 0 Å². The second-order valence-electron chi connectivity index (χ2n) is 4.07. The third-order valence-electron chi connectivity index (χ3n) is 2.13. The van der Waals surface area contributed by atoms with Crippen LogP contribution in [0, 0.1) is 0 Å². The molecule has 1 rings (SSSR count). The zero-order valence-corrected chi connectivity index (χ0v) is 12.5. The maximum atomic E-state index is 11.8. The summed E-state index contributed by atoms with van der Waals surface area (Å²) in [5.41, 5.74) is 0.363. The summed E-state index contributed by atoms with van der Waals surface area (Å²) in [7, 11) is 0. The number of amides is 2. The minimum Gasteiger partial charge on any atom is -0.440 e. The van der Waals surface area contributed by atoms with Crippen molar-refractivity contribution in [2.75, 3.05) is 18.5 Å². The highest BCUT2D eigenvalue weighted by Crippen LogP contribution is 2.22. The number of nitrogens with one attached hydrogen (secondary N) is 2. The Morgan fingerprint density at radius 2 is 1.73 bits per heavy atom. The number of ether oxygens (including phenoxy) is 1. The maximum Gasteiger partial charge on any atom is 0.422 e. The number of alkyl halides is 3. The van der Waals surface area contributed by atoms with Crippen LogP contribution in [0.15, 0.2) is 18.2 Å². The van der Waals surface area contributed by atoms with Gasteiger partial charge < -0.3 is 15.4 Å². The van der Waals surface area contributed by atoms with Crippen LogP contribution < -0.4 is 10.6 Å². The van der Waals surface area contributed by atoms with Crippen LogP contribution in [0.4, 0.5) is 23.7 Å². The van der Waals surface area contributed by atoms with Crippen molar-refractivity contribution < 1.29 is 27.5 Å². The van der Waals surface area contributed by atoms with E-state index in [1.165, 1.54) is 18.2 Å². The normalized spacial score (nSPS) is 11.0. The SMILES string of the molecule is O=C(CCNC(=O)OCC(F)(F)F)Nc1cc(Cl)cc(Cl)c1. The minimum atomic E-state index is -4.60. The molecule has 1 aromatic carbocycles. The van der Waals surface area contributed by atoms with Crippen LogP contribution in [0.2, 0.25) is 10.0 Å². The van der Waals surface area contributed by atoms with Gasteiger partial charge in [0.25, 0.3) is 0 Å². The molecule has 0 atom stereocenters. The van der Waals surface area contributed by atoms with Crippen LogP contribution in [0.25, 0.3) is 0 Å². The number of rotatable bonds is 5. The number of hydrogen-bond donors (Lipinski definition) is 2. The van der Waals surface area contributed by atoms with E-state index in [2.05, 4.69) is 10.1 Å². The molecule has 10 heteroatoms. The summed E-state index contributed by atoms with van der Waals surface area (Å²) in [6.45, 7) is -1.87. The molecule has 1 aromatic rings. The molecule has 0 aliphatic carbocycles. The van der Waals surface area contributed by atoms with Gasteiger partial charge >= 0.3 is 12.3 Å². The average molecular weight is 359 g/mol. The number of alkyl carbamates (subject to hydrolysis) is 1. The second-order valence-corrected chi connectivity index (χ2v) is 4.95. The second kappa shape index (κ2) is 8.09. The Labute approximate surface area is 133 Å². The van der Waals surface area contributed by atoms with E-state index in [9.17, 15) is 22.8 Å². The lowest BCUT2D eigenvalue weighted by molar-refractivity contribution is -0.160. The number of benzene rings is 1. The highest BCUT2D eigenvalue weighted by molar-refractivity contribution is 6.35. The quantitative estimate of drug-likeness (QED) is 0.844. The molecule has 0 aliphatic rings. The molecule has 0 spiro atoms. The van der Waals surface area contributed by atoms with Crippen molar-refractivity contribution in [1.82, 2.24) is 5.32 Å². The zero-order chi connectivity index (χ0) is 16.8. The van der Waals surface area contributed by atoms with Crippen molar-refractivity contribution in [3.8, 4) is 0 Å². The van der Waals surface area contributed by atoms with E-state index >= 15 is 0 Å². The minimum absolute atomic E-state index is 0.161. The molecular weight excluding hydrogens is 348 g/mol. The van der Waals surface area contributed by atoms with Crippen LogP contribution >= 0.6 is 23.2 Å². The summed E-state index contributed by atoms with van der Waals surface area (Å²) in [6, 6.07) is 4.42. The highest BCUT2D eigenvalue weighted by Gasteiger charge is 2.29. The molecule has 0 radical (unpaired) electrons. The van der Waals surface area contributed by atoms with E-state index < -0.39 is 24.8 Å². The molecule has 0 aromatic heterocycles. The van der Waals surface area contributed by atoms with Gasteiger partial charge in [0.15, 0.2) is 6.61 Å². The number of carbonyl (C=O) groups excluding carboxylic acids is 2. The van der Waals surface area contributed by atoms with Gasteiger partial charge in [-0.25, -0.2) is 4.79 Å². The summed E-state index contributed by atoms with van der Waals surface area (Å²) in [5, 5.41) is 5.15. The number of anilines is 1. The molecule has 22 heavy (non-hydrogen) atoms. The standard InChI is InChI=1S/C12H11Cl2F3N2O3/c13-7-3-8(14)5-9(4-7)19-10(20)1-2-18-11(21)22-6-12(15,16)17/h3-5H,1-2,6H2,(H,18,21)(H,19,20). The Balaban J connectivity index is 2.30. The summed E-state index contributed by atoms with van der Waals surface area (Å²) in [5.74, 6) is -0.477. The third-order valence-corrected chi connectivity index (χ3v) is 2.57. The predicted octanol–water partition coefficient (Wildman–Crippen LogP) is 3.61. The van der Waals surface area contributed by atoms with Gasteiger partial charge in [-0.3, -0.25) is 4.79 Å². The molecule has 0 heterocycles. The molecule has 5 nitrogen and oxygen atoms in total. The van der Waals surface area contributed by atoms with E-state index in [1.54, 1.807) is 0 Å². The maximum absolute atomic E-state index is 11.8. The highest BCUT2D eigenvalue weighted by atomic mass is 35.5. The van der Waals surface area contributed by atoms with Gasteiger partial charge in [0.1, 0.15) is 0 Å². The monoisotopic (exact) mass is 358 g/mol. The molecule has 122 valence electrons. The number of hydrogen-bond acceptors (Lipinski definition) is 3. The fraction of sp³-hybridized carbons (Fsp3) is 0.333. The first-order valence-corrected chi connectivity index (χ1v) is 6.64. The van der Waals surface area contributed by atoms with Gasteiger partial charge in [-0.1, -0.05) is 23.2 Å². The smallest absolute Gasteiger partial charge is 0.422 e. The van der Waals surface area contributed by atoms with Crippen LogP contribution in [-0.2, 0) is 9.53 Å². The Kier molecular flexibility index (Phi) is 6.76. The van der Waals surface area contributed by atoms with E-state index in [4.69, 9.17) is 23.2 Å². The van der Waals surface area contributed by atoms with Crippen LogP contribution in [-0.4, -0.2) is 31.3 Å². The van der Waals surface area contributed by atoms with Crippen molar-refractivity contribution in [2.45, 2.75) is 12.6 Å². The van der Waals surface area contributed by atoms with E-state index in [0.29, 0.717) is 15.7 Å². The van der Waals surface area contributed by atoms with Crippen molar-refractivity contribution in [1.29, 1.82) is 0 Å². The Bertz CT molecular complexity index is 533. The van der Waals surface area contributed by atoms with Gasteiger partial charge in [0.2, 0.25) is 5.91 Å². The zero-order valence-electron chi connectivity index (χ0n) is 11.0. The van der Waals surface area contributed by atoms with E-state index in [0.717, 1.165) is 0 Å². The first-order valence-electron chi connectivity index (χ1n) is 5.89. The molecule has 2 N–H and O–H groups in total. The first kappa shape index (κ1) is 18.4. The molecule has 0 fully saturated rings. The van der Waals surface area contributed by atoms with Gasteiger partial charge in [-0.15, -0.1) is 0 Å². The lowest BCUT2D eigenvalue weighted by Crippen LogP contribution is -2.31. The molecule has 2 amide bonds. The Hall–Kier alpha value is -1.67. The van der Waals surface area contributed by atoms with Gasteiger partial charge in [-0.2, -0.15) is 13.2 Å². The molecule has 0 unspecified atom stereocenters. The molecule has 0 saturated heterocycles.